The summed E-state index contributed by atoms with van der Waals surface area (Å²) < 4.78 is 28.2. The van der Waals surface area contributed by atoms with E-state index in [2.05, 4.69) is 22.4 Å². The van der Waals surface area contributed by atoms with Crippen molar-refractivity contribution in [1.29, 1.82) is 0 Å². The average molecular weight is 287 g/mol. The van der Waals surface area contributed by atoms with Gasteiger partial charge in [-0.15, -0.1) is 0 Å². The van der Waals surface area contributed by atoms with Crippen LogP contribution in [0.1, 0.15) is 50.7 Å². The van der Waals surface area contributed by atoms with Crippen molar-refractivity contribution in [3.8, 4) is 0 Å². The summed E-state index contributed by atoms with van der Waals surface area (Å²) in [6, 6.07) is 0.241. The van der Waals surface area contributed by atoms with Gasteiger partial charge in [0.25, 0.3) is 0 Å². The second kappa shape index (κ2) is 5.58. The molecule has 0 aromatic carbocycles. The maximum Gasteiger partial charge on any atom is 0.231 e. The van der Waals surface area contributed by atoms with Crippen LogP contribution in [0.4, 0.5) is 0 Å². The summed E-state index contributed by atoms with van der Waals surface area (Å²) in [5.74, 6) is 1.48. The Morgan fingerprint density at radius 3 is 2.79 bits per heavy atom. The van der Waals surface area contributed by atoms with Crippen molar-refractivity contribution >= 4 is 9.84 Å². The SMILES string of the molecule is CCNC(C)C(C)c1nc(C2CCS(=O)(=O)C2)no1. The molecule has 1 saturated heterocycles. The van der Waals surface area contributed by atoms with Crippen molar-refractivity contribution in [1.82, 2.24) is 15.5 Å². The van der Waals surface area contributed by atoms with Gasteiger partial charge in [0, 0.05) is 12.0 Å². The Bertz CT molecular complexity index is 526. The molecular weight excluding hydrogens is 266 g/mol. The van der Waals surface area contributed by atoms with E-state index < -0.39 is 9.84 Å². The molecule has 19 heavy (non-hydrogen) atoms. The second-order valence-corrected chi connectivity index (χ2v) is 7.45. The van der Waals surface area contributed by atoms with Crippen molar-refractivity contribution in [3.63, 3.8) is 0 Å². The molecule has 2 rings (SSSR count). The van der Waals surface area contributed by atoms with E-state index in [1.807, 2.05) is 13.8 Å². The largest absolute Gasteiger partial charge is 0.339 e. The summed E-state index contributed by atoms with van der Waals surface area (Å²) >= 11 is 0. The Morgan fingerprint density at radius 1 is 1.47 bits per heavy atom. The number of rotatable bonds is 5. The number of hydrogen-bond donors (Lipinski definition) is 1. The van der Waals surface area contributed by atoms with Crippen LogP contribution in [0.3, 0.4) is 0 Å². The minimum atomic E-state index is -2.91. The molecule has 3 unspecified atom stereocenters. The molecule has 0 spiro atoms. The molecule has 1 aliphatic rings. The highest BCUT2D eigenvalue weighted by molar-refractivity contribution is 7.91. The highest BCUT2D eigenvalue weighted by Crippen LogP contribution is 2.28. The molecule has 1 aromatic heterocycles. The number of aromatic nitrogens is 2. The maximum atomic E-state index is 11.5. The van der Waals surface area contributed by atoms with Crippen LogP contribution in [0, 0.1) is 0 Å². The minimum absolute atomic E-state index is 0.107. The first-order chi connectivity index (χ1) is 8.93. The van der Waals surface area contributed by atoms with Crippen LogP contribution in [0.5, 0.6) is 0 Å². The van der Waals surface area contributed by atoms with E-state index in [-0.39, 0.29) is 29.4 Å². The minimum Gasteiger partial charge on any atom is -0.339 e. The summed E-state index contributed by atoms with van der Waals surface area (Å²) in [6.45, 7) is 7.02. The van der Waals surface area contributed by atoms with Gasteiger partial charge < -0.3 is 9.84 Å². The number of nitrogens with zero attached hydrogens (tertiary/aromatic N) is 2. The fraction of sp³-hybridized carbons (Fsp3) is 0.833. The number of sulfone groups is 1. The molecule has 7 heteroatoms. The van der Waals surface area contributed by atoms with Gasteiger partial charge in [0.05, 0.1) is 17.4 Å². The van der Waals surface area contributed by atoms with E-state index in [0.717, 1.165) is 6.54 Å². The molecule has 0 amide bonds. The molecule has 2 heterocycles. The Morgan fingerprint density at radius 2 is 2.21 bits per heavy atom. The number of nitrogens with one attached hydrogen (secondary N) is 1. The first kappa shape index (κ1) is 14.5. The zero-order valence-electron chi connectivity index (χ0n) is 11.6. The van der Waals surface area contributed by atoms with Crippen molar-refractivity contribution in [2.75, 3.05) is 18.1 Å². The van der Waals surface area contributed by atoms with Crippen LogP contribution in [0.15, 0.2) is 4.52 Å². The zero-order chi connectivity index (χ0) is 14.0. The second-order valence-electron chi connectivity index (χ2n) is 5.23. The molecule has 6 nitrogen and oxygen atoms in total. The molecule has 1 aromatic rings. The molecule has 0 radical (unpaired) electrons. The topological polar surface area (TPSA) is 85.1 Å². The summed E-state index contributed by atoms with van der Waals surface area (Å²) in [7, 11) is -2.91. The van der Waals surface area contributed by atoms with E-state index >= 15 is 0 Å². The van der Waals surface area contributed by atoms with Crippen molar-refractivity contribution in [2.24, 2.45) is 0 Å². The molecule has 0 aliphatic carbocycles. The molecule has 1 N–H and O–H groups in total. The molecular formula is C12H21N3O3S. The molecule has 108 valence electrons. The van der Waals surface area contributed by atoms with Gasteiger partial charge in [0.1, 0.15) is 0 Å². The predicted molar refractivity (Wildman–Crippen MR) is 71.9 cm³/mol. The van der Waals surface area contributed by atoms with Gasteiger partial charge >= 0.3 is 0 Å². The standard InChI is InChI=1S/C12H21N3O3S/c1-4-13-9(3)8(2)12-14-11(15-18-12)10-5-6-19(16,17)7-10/h8-10,13H,4-7H2,1-3H3. The average Bonchev–Trinajstić information content (AvgIpc) is 2.94. The Balaban J connectivity index is 2.07. The molecule has 1 aliphatic heterocycles. The van der Waals surface area contributed by atoms with E-state index in [4.69, 9.17) is 4.52 Å². The predicted octanol–water partition coefficient (Wildman–Crippen LogP) is 1.07. The lowest BCUT2D eigenvalue weighted by molar-refractivity contribution is 0.328. The third-order valence-corrected chi connectivity index (χ3v) is 5.49. The summed E-state index contributed by atoms with van der Waals surface area (Å²) in [5, 5.41) is 7.26. The Kier molecular flexibility index (Phi) is 4.25. The molecule has 1 fully saturated rings. The fourth-order valence-corrected chi connectivity index (χ4v) is 4.05. The van der Waals surface area contributed by atoms with Crippen LogP contribution < -0.4 is 5.32 Å². The van der Waals surface area contributed by atoms with Crippen LogP contribution in [-0.2, 0) is 9.84 Å². The zero-order valence-corrected chi connectivity index (χ0v) is 12.4. The lowest BCUT2D eigenvalue weighted by Gasteiger charge is -2.16. The van der Waals surface area contributed by atoms with Crippen LogP contribution in [0.25, 0.3) is 0 Å². The lowest BCUT2D eigenvalue weighted by atomic mass is 10.0. The highest BCUT2D eigenvalue weighted by Gasteiger charge is 2.33. The van der Waals surface area contributed by atoms with Gasteiger partial charge in [-0.2, -0.15) is 4.98 Å². The fourth-order valence-electron chi connectivity index (χ4n) is 2.31. The molecule has 0 saturated carbocycles. The van der Waals surface area contributed by atoms with Gasteiger partial charge in [-0.25, -0.2) is 8.42 Å². The summed E-state index contributed by atoms with van der Waals surface area (Å²) in [6.07, 6.45) is 0.596. The smallest absolute Gasteiger partial charge is 0.231 e. The number of likely N-dealkylation sites (N-methyl/N-ethyl adjacent to an activating group) is 1. The first-order valence-corrected chi connectivity index (χ1v) is 8.52. The number of hydrogen-bond acceptors (Lipinski definition) is 6. The Hall–Kier alpha value is -0.950. The van der Waals surface area contributed by atoms with Gasteiger partial charge in [0.15, 0.2) is 15.7 Å². The first-order valence-electron chi connectivity index (χ1n) is 6.70. The van der Waals surface area contributed by atoms with Gasteiger partial charge in [-0.1, -0.05) is 19.0 Å². The molecule has 0 bridgehead atoms. The van der Waals surface area contributed by atoms with Gasteiger partial charge in [-0.05, 0) is 19.9 Å². The van der Waals surface area contributed by atoms with Crippen LogP contribution >= 0.6 is 0 Å². The monoisotopic (exact) mass is 287 g/mol. The van der Waals surface area contributed by atoms with E-state index in [1.54, 1.807) is 0 Å². The van der Waals surface area contributed by atoms with Crippen LogP contribution in [0.2, 0.25) is 0 Å². The quantitative estimate of drug-likeness (QED) is 0.872. The van der Waals surface area contributed by atoms with E-state index in [0.29, 0.717) is 18.1 Å². The van der Waals surface area contributed by atoms with Crippen molar-refractivity contribution in [3.05, 3.63) is 11.7 Å². The summed E-state index contributed by atoms with van der Waals surface area (Å²) in [5.41, 5.74) is 0. The lowest BCUT2D eigenvalue weighted by Crippen LogP contribution is -2.30. The molecule has 3 atom stereocenters. The normalized spacial score (nSPS) is 25.3. The third-order valence-electron chi connectivity index (χ3n) is 3.72. The third kappa shape index (κ3) is 3.33. The van der Waals surface area contributed by atoms with Crippen molar-refractivity contribution in [2.45, 2.75) is 45.1 Å². The Labute approximate surface area is 113 Å². The van der Waals surface area contributed by atoms with Gasteiger partial charge in [0.2, 0.25) is 5.89 Å². The summed E-state index contributed by atoms with van der Waals surface area (Å²) in [4.78, 5) is 4.38. The highest BCUT2D eigenvalue weighted by atomic mass is 32.2. The van der Waals surface area contributed by atoms with Gasteiger partial charge in [-0.3, -0.25) is 0 Å². The van der Waals surface area contributed by atoms with E-state index in [1.165, 1.54) is 0 Å². The van der Waals surface area contributed by atoms with Crippen molar-refractivity contribution < 1.29 is 12.9 Å². The van der Waals surface area contributed by atoms with E-state index in [9.17, 15) is 8.42 Å². The maximum absolute atomic E-state index is 11.5. The van der Waals surface area contributed by atoms with Crippen LogP contribution in [-0.4, -0.2) is 42.7 Å².